The molecule has 0 aliphatic carbocycles. The summed E-state index contributed by atoms with van der Waals surface area (Å²) in [7, 11) is 0. The van der Waals surface area contributed by atoms with Crippen molar-refractivity contribution >= 4 is 28.8 Å². The van der Waals surface area contributed by atoms with E-state index in [1.54, 1.807) is 18.2 Å². The van der Waals surface area contributed by atoms with Crippen LogP contribution in [0.25, 0.3) is 0 Å². The Morgan fingerprint density at radius 2 is 1.73 bits per heavy atom. The van der Waals surface area contributed by atoms with E-state index in [9.17, 15) is 9.59 Å². The van der Waals surface area contributed by atoms with E-state index in [4.69, 9.17) is 0 Å². The average molecular weight is 364 g/mol. The molecule has 3 rings (SSSR count). The van der Waals surface area contributed by atoms with E-state index < -0.39 is 0 Å². The smallest absolute Gasteiger partial charge is 0.261 e. The maximum atomic E-state index is 12.4. The van der Waals surface area contributed by atoms with Crippen molar-refractivity contribution in [1.82, 2.24) is 5.32 Å². The van der Waals surface area contributed by atoms with Crippen LogP contribution in [-0.2, 0) is 6.54 Å². The summed E-state index contributed by atoms with van der Waals surface area (Å²) in [5.74, 6) is -0.232. The Labute approximate surface area is 156 Å². The van der Waals surface area contributed by atoms with Crippen molar-refractivity contribution in [1.29, 1.82) is 0 Å². The maximum absolute atomic E-state index is 12.4. The topological polar surface area (TPSA) is 58.2 Å². The van der Waals surface area contributed by atoms with Crippen LogP contribution in [0.4, 0.5) is 5.69 Å². The number of rotatable bonds is 5. The van der Waals surface area contributed by atoms with E-state index in [0.29, 0.717) is 17.0 Å². The Morgan fingerprint density at radius 3 is 2.42 bits per heavy atom. The largest absolute Gasteiger partial charge is 0.347 e. The van der Waals surface area contributed by atoms with Crippen LogP contribution in [-0.4, -0.2) is 11.8 Å². The third kappa shape index (κ3) is 4.37. The number of amides is 2. The standard InChI is InChI=1S/C21H20N2O2S/c1-14-5-6-15(2)18(12-14)23-20(24)17-9-7-16(8-10-17)13-22-21(25)19-4-3-11-26-19/h3-12H,13H2,1-2H3,(H,22,25)(H,23,24). The van der Waals surface area contributed by atoms with Crippen LogP contribution in [0.15, 0.2) is 60.0 Å². The van der Waals surface area contributed by atoms with Gasteiger partial charge in [-0.25, -0.2) is 0 Å². The summed E-state index contributed by atoms with van der Waals surface area (Å²) in [5, 5.41) is 7.70. The van der Waals surface area contributed by atoms with Gasteiger partial charge in [0, 0.05) is 17.8 Å². The van der Waals surface area contributed by atoms with Gasteiger partial charge in [0.2, 0.25) is 0 Å². The van der Waals surface area contributed by atoms with Gasteiger partial charge in [0.25, 0.3) is 11.8 Å². The first-order valence-corrected chi connectivity index (χ1v) is 9.20. The Morgan fingerprint density at radius 1 is 0.962 bits per heavy atom. The Balaban J connectivity index is 1.61. The van der Waals surface area contributed by atoms with Crippen molar-refractivity contribution in [3.8, 4) is 0 Å². The van der Waals surface area contributed by atoms with E-state index in [1.807, 2.05) is 55.6 Å². The van der Waals surface area contributed by atoms with Gasteiger partial charge < -0.3 is 10.6 Å². The fourth-order valence-corrected chi connectivity index (χ4v) is 3.16. The zero-order chi connectivity index (χ0) is 18.5. The number of hydrogen-bond donors (Lipinski definition) is 2. The molecular weight excluding hydrogens is 344 g/mol. The van der Waals surface area contributed by atoms with E-state index in [0.717, 1.165) is 22.4 Å². The van der Waals surface area contributed by atoms with Gasteiger partial charge in [-0.05, 0) is 60.2 Å². The minimum absolute atomic E-state index is 0.0863. The molecule has 1 heterocycles. The number of benzene rings is 2. The normalized spacial score (nSPS) is 10.4. The van der Waals surface area contributed by atoms with Crippen LogP contribution in [0, 0.1) is 13.8 Å². The molecule has 0 saturated carbocycles. The Hall–Kier alpha value is -2.92. The van der Waals surface area contributed by atoms with Gasteiger partial charge in [0.05, 0.1) is 4.88 Å². The zero-order valence-corrected chi connectivity index (χ0v) is 15.5. The fourth-order valence-electron chi connectivity index (χ4n) is 2.52. The summed E-state index contributed by atoms with van der Waals surface area (Å²) in [6, 6.07) is 16.9. The molecule has 0 atom stereocenters. The molecular formula is C21H20N2O2S. The van der Waals surface area contributed by atoms with Crippen LogP contribution < -0.4 is 10.6 Å². The number of aryl methyl sites for hydroxylation is 2. The highest BCUT2D eigenvalue weighted by molar-refractivity contribution is 7.12. The average Bonchev–Trinajstić information content (AvgIpc) is 3.18. The minimum Gasteiger partial charge on any atom is -0.347 e. The molecule has 0 aliphatic rings. The van der Waals surface area contributed by atoms with Crippen molar-refractivity contribution in [2.75, 3.05) is 5.32 Å². The predicted molar refractivity (Wildman–Crippen MR) is 106 cm³/mol. The second-order valence-electron chi connectivity index (χ2n) is 6.13. The molecule has 4 nitrogen and oxygen atoms in total. The molecule has 0 saturated heterocycles. The molecule has 0 unspecified atom stereocenters. The monoisotopic (exact) mass is 364 g/mol. The first kappa shape index (κ1) is 17.9. The number of anilines is 1. The van der Waals surface area contributed by atoms with Gasteiger partial charge in [-0.15, -0.1) is 11.3 Å². The molecule has 2 N–H and O–H groups in total. The summed E-state index contributed by atoms with van der Waals surface area (Å²) in [6.45, 7) is 4.39. The second kappa shape index (κ2) is 7.97. The van der Waals surface area contributed by atoms with E-state index >= 15 is 0 Å². The lowest BCUT2D eigenvalue weighted by atomic mass is 10.1. The SMILES string of the molecule is Cc1ccc(C)c(NC(=O)c2ccc(CNC(=O)c3cccs3)cc2)c1. The van der Waals surface area contributed by atoms with Gasteiger partial charge in [0.1, 0.15) is 0 Å². The third-order valence-electron chi connectivity index (χ3n) is 4.06. The molecule has 5 heteroatoms. The third-order valence-corrected chi connectivity index (χ3v) is 4.92. The summed E-state index contributed by atoms with van der Waals surface area (Å²) >= 11 is 1.41. The molecule has 1 aromatic heterocycles. The number of carbonyl (C=O) groups excluding carboxylic acids is 2. The van der Waals surface area contributed by atoms with E-state index in [2.05, 4.69) is 10.6 Å². The lowest BCUT2D eigenvalue weighted by Gasteiger charge is -2.10. The fraction of sp³-hybridized carbons (Fsp3) is 0.143. The van der Waals surface area contributed by atoms with Crippen LogP contribution in [0.3, 0.4) is 0 Å². The van der Waals surface area contributed by atoms with Crippen molar-refractivity contribution in [3.05, 3.63) is 87.1 Å². The molecule has 132 valence electrons. The predicted octanol–water partition coefficient (Wildman–Crippen LogP) is 4.55. The quantitative estimate of drug-likeness (QED) is 0.698. The van der Waals surface area contributed by atoms with Crippen LogP contribution in [0.2, 0.25) is 0 Å². The van der Waals surface area contributed by atoms with Crippen molar-refractivity contribution < 1.29 is 9.59 Å². The summed E-state index contributed by atoms with van der Waals surface area (Å²) in [5.41, 5.74) is 4.47. The van der Waals surface area contributed by atoms with Gasteiger partial charge in [0.15, 0.2) is 0 Å². The van der Waals surface area contributed by atoms with Crippen molar-refractivity contribution in [3.63, 3.8) is 0 Å². The molecule has 0 radical (unpaired) electrons. The maximum Gasteiger partial charge on any atom is 0.261 e. The minimum atomic E-state index is -0.145. The number of hydrogen-bond acceptors (Lipinski definition) is 3. The van der Waals surface area contributed by atoms with E-state index in [-0.39, 0.29) is 11.8 Å². The van der Waals surface area contributed by atoms with Gasteiger partial charge in [-0.1, -0.05) is 30.3 Å². The summed E-state index contributed by atoms with van der Waals surface area (Å²) in [4.78, 5) is 25.1. The number of thiophene rings is 1. The highest BCUT2D eigenvalue weighted by atomic mass is 32.1. The second-order valence-corrected chi connectivity index (χ2v) is 7.08. The first-order valence-electron chi connectivity index (χ1n) is 8.32. The Bertz CT molecular complexity index is 916. The van der Waals surface area contributed by atoms with Crippen molar-refractivity contribution in [2.24, 2.45) is 0 Å². The highest BCUT2D eigenvalue weighted by Crippen LogP contribution is 2.17. The molecule has 0 bridgehead atoms. The molecule has 2 aromatic carbocycles. The Kier molecular flexibility index (Phi) is 5.49. The molecule has 0 spiro atoms. The molecule has 0 aliphatic heterocycles. The van der Waals surface area contributed by atoms with E-state index in [1.165, 1.54) is 11.3 Å². The zero-order valence-electron chi connectivity index (χ0n) is 14.7. The number of carbonyl (C=O) groups is 2. The number of nitrogens with one attached hydrogen (secondary N) is 2. The molecule has 3 aromatic rings. The van der Waals surface area contributed by atoms with Gasteiger partial charge in [-0.3, -0.25) is 9.59 Å². The lowest BCUT2D eigenvalue weighted by molar-refractivity contribution is 0.0953. The first-order chi connectivity index (χ1) is 12.5. The molecule has 26 heavy (non-hydrogen) atoms. The van der Waals surface area contributed by atoms with Crippen LogP contribution in [0.1, 0.15) is 36.7 Å². The van der Waals surface area contributed by atoms with Crippen LogP contribution in [0.5, 0.6) is 0 Å². The molecule has 2 amide bonds. The molecule has 0 fully saturated rings. The summed E-state index contributed by atoms with van der Waals surface area (Å²) in [6.07, 6.45) is 0. The lowest BCUT2D eigenvalue weighted by Crippen LogP contribution is -2.21. The van der Waals surface area contributed by atoms with Gasteiger partial charge >= 0.3 is 0 Å². The van der Waals surface area contributed by atoms with Crippen LogP contribution >= 0.6 is 11.3 Å². The van der Waals surface area contributed by atoms with Gasteiger partial charge in [-0.2, -0.15) is 0 Å². The summed E-state index contributed by atoms with van der Waals surface area (Å²) < 4.78 is 0. The highest BCUT2D eigenvalue weighted by Gasteiger charge is 2.09. The van der Waals surface area contributed by atoms with Crippen molar-refractivity contribution in [2.45, 2.75) is 20.4 Å².